The van der Waals surface area contributed by atoms with Crippen LogP contribution in [0.5, 0.6) is 5.75 Å². The molecule has 2 heterocycles. The minimum absolute atomic E-state index is 0.00842. The number of hydrogen-bond donors (Lipinski definition) is 1. The van der Waals surface area contributed by atoms with Gasteiger partial charge in [-0.15, -0.1) is 0 Å². The van der Waals surface area contributed by atoms with Crippen LogP contribution in [-0.4, -0.2) is 86.3 Å². The van der Waals surface area contributed by atoms with E-state index in [1.165, 1.54) is 12.4 Å². The third-order valence-corrected chi connectivity index (χ3v) is 6.48. The Labute approximate surface area is 201 Å². The van der Waals surface area contributed by atoms with Gasteiger partial charge in [0.05, 0.1) is 17.9 Å². The summed E-state index contributed by atoms with van der Waals surface area (Å²) in [5.41, 5.74) is 1.58. The third kappa shape index (κ3) is 6.87. The molecule has 10 nitrogen and oxygen atoms in total. The Morgan fingerprint density at radius 2 is 1.91 bits per heavy atom. The minimum Gasteiger partial charge on any atom is -0.491 e. The number of fused-ring (bicyclic) bond motifs is 1. The zero-order chi connectivity index (χ0) is 24.9. The molecule has 0 bridgehead atoms. The first-order chi connectivity index (χ1) is 16.1. The molecule has 1 aliphatic rings. The number of sulfonamides is 1. The number of likely N-dealkylation sites (N-methyl/N-ethyl adjacent to an activating group) is 1. The Morgan fingerprint density at radius 1 is 1.21 bits per heavy atom. The van der Waals surface area contributed by atoms with Crippen LogP contribution in [-0.2, 0) is 21.3 Å². The van der Waals surface area contributed by atoms with E-state index in [-0.39, 0.29) is 29.5 Å². The summed E-state index contributed by atoms with van der Waals surface area (Å²) in [6.07, 6.45) is 5.97. The van der Waals surface area contributed by atoms with Gasteiger partial charge in [0.25, 0.3) is 5.91 Å². The number of hydrogen-bond acceptors (Lipinski definition) is 8. The molecule has 0 spiro atoms. The van der Waals surface area contributed by atoms with Crippen LogP contribution in [0.3, 0.4) is 0 Å². The molecule has 1 amide bonds. The van der Waals surface area contributed by atoms with Crippen LogP contribution in [0, 0.1) is 5.92 Å². The van der Waals surface area contributed by atoms with E-state index in [1.54, 1.807) is 43.6 Å². The maximum Gasteiger partial charge on any atom is 0.257 e. The summed E-state index contributed by atoms with van der Waals surface area (Å²) in [6.45, 7) is 6.24. The molecule has 0 saturated heterocycles. The van der Waals surface area contributed by atoms with Gasteiger partial charge in [-0.1, -0.05) is 6.92 Å². The lowest BCUT2D eigenvalue weighted by atomic mass is 10.0. The Bertz CT molecular complexity index is 1080. The lowest BCUT2D eigenvalue weighted by Crippen LogP contribution is -2.46. The van der Waals surface area contributed by atoms with E-state index in [0.29, 0.717) is 31.1 Å². The van der Waals surface area contributed by atoms with Gasteiger partial charge >= 0.3 is 0 Å². The monoisotopic (exact) mass is 491 g/mol. The quantitative estimate of drug-likeness (QED) is 0.674. The highest BCUT2D eigenvalue weighted by Crippen LogP contribution is 2.27. The van der Waals surface area contributed by atoms with Crippen molar-refractivity contribution in [1.82, 2.24) is 19.8 Å². The number of methoxy groups -OCH3 is 1. The summed E-state index contributed by atoms with van der Waals surface area (Å²) in [7, 11) is -0.142. The van der Waals surface area contributed by atoms with Gasteiger partial charge < -0.3 is 14.4 Å². The molecule has 1 N–H and O–H groups in total. The number of benzene rings is 1. The lowest BCUT2D eigenvalue weighted by molar-refractivity contribution is 0.00918. The number of carbonyl (C=O) groups excluding carboxylic acids is 1. The smallest absolute Gasteiger partial charge is 0.257 e. The van der Waals surface area contributed by atoms with E-state index in [1.807, 2.05) is 0 Å². The van der Waals surface area contributed by atoms with Crippen molar-refractivity contribution in [3.63, 3.8) is 0 Å². The zero-order valence-corrected chi connectivity index (χ0v) is 21.1. The molecule has 11 heteroatoms. The summed E-state index contributed by atoms with van der Waals surface area (Å²) >= 11 is 0. The molecule has 3 atom stereocenters. The predicted molar refractivity (Wildman–Crippen MR) is 129 cm³/mol. The maximum atomic E-state index is 13.3. The van der Waals surface area contributed by atoms with Crippen molar-refractivity contribution in [3.8, 4) is 5.75 Å². The number of nitrogens with zero attached hydrogens (tertiary/aromatic N) is 4. The van der Waals surface area contributed by atoms with Gasteiger partial charge in [-0.3, -0.25) is 14.4 Å². The van der Waals surface area contributed by atoms with E-state index in [9.17, 15) is 13.2 Å². The molecule has 3 rings (SSSR count). The first-order valence-electron chi connectivity index (χ1n) is 11.1. The fourth-order valence-corrected chi connectivity index (χ4v) is 4.55. The van der Waals surface area contributed by atoms with Crippen LogP contribution >= 0.6 is 0 Å². The second kappa shape index (κ2) is 11.1. The van der Waals surface area contributed by atoms with Crippen LogP contribution in [0.15, 0.2) is 36.9 Å². The fourth-order valence-electron chi connectivity index (χ4n) is 4.00. The Morgan fingerprint density at radius 3 is 2.56 bits per heavy atom. The van der Waals surface area contributed by atoms with Crippen molar-refractivity contribution in [3.05, 3.63) is 48.0 Å². The normalized spacial score (nSPS) is 22.8. The Kier molecular flexibility index (Phi) is 8.45. The molecule has 0 saturated carbocycles. The van der Waals surface area contributed by atoms with Gasteiger partial charge in [-0.2, -0.15) is 0 Å². The Hall–Kier alpha value is -2.76. The number of aromatic nitrogens is 2. The molecule has 1 aromatic heterocycles. The Balaban J connectivity index is 1.96. The first kappa shape index (κ1) is 25.9. The van der Waals surface area contributed by atoms with Crippen molar-refractivity contribution in [2.75, 3.05) is 44.8 Å². The standard InChI is InChI=1S/C23H33N5O5S/c1-16-11-28(12-18-9-24-15-25-10-18)17(2)14-33-21-7-6-19(26-34(5,30)31)8-20(21)23(29)27(3)13-22(16)32-4/h6-10,15-17,22,26H,11-14H2,1-5H3/t16-,17-,22+/m1/s1. The van der Waals surface area contributed by atoms with Gasteiger partial charge in [0.1, 0.15) is 18.7 Å². The van der Waals surface area contributed by atoms with Crippen LogP contribution in [0.25, 0.3) is 0 Å². The summed E-state index contributed by atoms with van der Waals surface area (Å²) in [5, 5.41) is 0. The molecule has 186 valence electrons. The van der Waals surface area contributed by atoms with Gasteiger partial charge in [-0.05, 0) is 31.0 Å². The molecule has 1 aromatic carbocycles. The van der Waals surface area contributed by atoms with E-state index < -0.39 is 10.0 Å². The van der Waals surface area contributed by atoms with E-state index in [4.69, 9.17) is 9.47 Å². The van der Waals surface area contributed by atoms with Crippen LogP contribution in [0.4, 0.5) is 5.69 Å². The molecule has 0 unspecified atom stereocenters. The van der Waals surface area contributed by atoms with Gasteiger partial charge in [0, 0.05) is 63.5 Å². The minimum atomic E-state index is -3.49. The second-order valence-electron chi connectivity index (χ2n) is 8.86. The first-order valence-corrected chi connectivity index (χ1v) is 13.0. The predicted octanol–water partition coefficient (Wildman–Crippen LogP) is 1.85. The van der Waals surface area contributed by atoms with Crippen molar-refractivity contribution >= 4 is 21.6 Å². The van der Waals surface area contributed by atoms with Crippen LogP contribution < -0.4 is 9.46 Å². The molecular formula is C23H33N5O5S. The highest BCUT2D eigenvalue weighted by atomic mass is 32.2. The second-order valence-corrected chi connectivity index (χ2v) is 10.6. The average Bonchev–Trinajstić information content (AvgIpc) is 2.79. The average molecular weight is 492 g/mol. The summed E-state index contributed by atoms with van der Waals surface area (Å²) in [6, 6.07) is 4.73. The summed E-state index contributed by atoms with van der Waals surface area (Å²) in [5.74, 6) is 0.241. The van der Waals surface area contributed by atoms with Crippen molar-refractivity contribution < 1.29 is 22.7 Å². The van der Waals surface area contributed by atoms with Gasteiger partial charge in [0.15, 0.2) is 0 Å². The number of ether oxygens (including phenoxy) is 2. The van der Waals surface area contributed by atoms with Crippen LogP contribution in [0.1, 0.15) is 29.8 Å². The molecule has 2 aromatic rings. The highest BCUT2D eigenvalue weighted by Gasteiger charge is 2.28. The van der Waals surface area contributed by atoms with E-state index >= 15 is 0 Å². The molecule has 0 radical (unpaired) electrons. The lowest BCUT2D eigenvalue weighted by Gasteiger charge is -2.36. The van der Waals surface area contributed by atoms with Crippen molar-refractivity contribution in [1.29, 1.82) is 0 Å². The molecule has 0 aliphatic carbocycles. The van der Waals surface area contributed by atoms with Crippen molar-refractivity contribution in [2.45, 2.75) is 32.5 Å². The molecular weight excluding hydrogens is 458 g/mol. The van der Waals surface area contributed by atoms with E-state index in [2.05, 4.69) is 33.4 Å². The van der Waals surface area contributed by atoms with Gasteiger partial charge in [-0.25, -0.2) is 18.4 Å². The van der Waals surface area contributed by atoms with E-state index in [0.717, 1.165) is 18.4 Å². The topological polar surface area (TPSA) is 114 Å². The number of nitrogens with one attached hydrogen (secondary N) is 1. The number of amides is 1. The molecule has 1 aliphatic heterocycles. The SMILES string of the molecule is CO[C@H]1CN(C)C(=O)c2cc(NS(C)(=O)=O)ccc2OC[C@@H](C)N(Cc2cncnc2)C[C@H]1C. The number of carbonyl (C=O) groups is 1. The number of rotatable bonds is 5. The summed E-state index contributed by atoms with van der Waals surface area (Å²) < 4.78 is 37.7. The largest absolute Gasteiger partial charge is 0.491 e. The molecule has 0 fully saturated rings. The van der Waals surface area contributed by atoms with Crippen LogP contribution in [0.2, 0.25) is 0 Å². The van der Waals surface area contributed by atoms with Gasteiger partial charge in [0.2, 0.25) is 10.0 Å². The summed E-state index contributed by atoms with van der Waals surface area (Å²) in [4.78, 5) is 25.4. The maximum absolute atomic E-state index is 13.3. The fraction of sp³-hybridized carbons (Fsp3) is 0.522. The molecule has 34 heavy (non-hydrogen) atoms. The third-order valence-electron chi connectivity index (χ3n) is 5.88. The van der Waals surface area contributed by atoms with Crippen molar-refractivity contribution in [2.24, 2.45) is 5.92 Å². The zero-order valence-electron chi connectivity index (χ0n) is 20.3. The number of anilines is 1. The highest BCUT2D eigenvalue weighted by molar-refractivity contribution is 7.92.